The lowest BCUT2D eigenvalue weighted by molar-refractivity contribution is -0.129. The Morgan fingerprint density at radius 2 is 2.22 bits per heavy atom. The predicted octanol–water partition coefficient (Wildman–Crippen LogP) is 2.10. The summed E-state index contributed by atoms with van der Waals surface area (Å²) in [6.07, 6.45) is 0.416. The quantitative estimate of drug-likeness (QED) is 0.863. The molecule has 2 rings (SSSR count). The number of benzene rings is 1. The number of carbonyl (C=O) groups excluding carboxylic acids is 1. The van der Waals surface area contributed by atoms with Crippen LogP contribution in [0.3, 0.4) is 0 Å². The van der Waals surface area contributed by atoms with Crippen LogP contribution in [0.15, 0.2) is 33.7 Å². The lowest BCUT2D eigenvalue weighted by Crippen LogP contribution is -2.58. The largest absolute Gasteiger partial charge is 0.346 e. The maximum atomic E-state index is 12.0. The first-order valence-electron chi connectivity index (χ1n) is 5.74. The highest BCUT2D eigenvalue weighted by Gasteiger charge is 2.38. The average molecular weight is 310 g/mol. The number of halogens is 1. The summed E-state index contributed by atoms with van der Waals surface area (Å²) in [5.41, 5.74) is 0.654. The van der Waals surface area contributed by atoms with E-state index in [0.717, 1.165) is 10.0 Å². The number of hydrogen-bond acceptors (Lipinski definition) is 2. The molecule has 1 N–H and O–H groups in total. The van der Waals surface area contributed by atoms with Crippen LogP contribution in [-0.4, -0.2) is 30.9 Å². The van der Waals surface area contributed by atoms with Gasteiger partial charge in [-0.2, -0.15) is 0 Å². The van der Waals surface area contributed by atoms with Gasteiger partial charge >= 0.3 is 0 Å². The predicted molar refractivity (Wildman–Crippen MR) is 75.4 cm³/mol. The molecule has 18 heavy (non-hydrogen) atoms. The van der Waals surface area contributed by atoms with E-state index in [4.69, 9.17) is 0 Å². The summed E-state index contributed by atoms with van der Waals surface area (Å²) in [4.78, 5) is 17.7. The zero-order valence-electron chi connectivity index (χ0n) is 10.7. The molecule has 0 spiro atoms. The molecule has 1 aliphatic heterocycles. The number of amides is 1. The van der Waals surface area contributed by atoms with Gasteiger partial charge in [0.1, 0.15) is 0 Å². The monoisotopic (exact) mass is 309 g/mol. The summed E-state index contributed by atoms with van der Waals surface area (Å²) in [5.74, 6) is 0.672. The maximum Gasteiger partial charge on any atom is 0.231 e. The molecule has 96 valence electrons. The molecule has 1 aromatic carbocycles. The van der Waals surface area contributed by atoms with E-state index < -0.39 is 5.54 Å². The topological polar surface area (TPSA) is 44.7 Å². The van der Waals surface area contributed by atoms with Crippen molar-refractivity contribution in [2.45, 2.75) is 18.9 Å². The number of carbonyl (C=O) groups is 1. The molecule has 0 radical (unpaired) electrons. The summed E-state index contributed by atoms with van der Waals surface area (Å²) in [5, 5.41) is 3.34. The summed E-state index contributed by atoms with van der Waals surface area (Å²) in [7, 11) is 3.41. The lowest BCUT2D eigenvalue weighted by Gasteiger charge is -2.40. The smallest absolute Gasteiger partial charge is 0.231 e. The molecule has 0 unspecified atom stereocenters. The zero-order valence-corrected chi connectivity index (χ0v) is 12.3. The third kappa shape index (κ3) is 2.27. The van der Waals surface area contributed by atoms with E-state index in [2.05, 4.69) is 26.2 Å². The molecule has 1 amide bonds. The first-order chi connectivity index (χ1) is 8.46. The van der Waals surface area contributed by atoms with Gasteiger partial charge in [-0.3, -0.25) is 14.7 Å². The molecule has 5 heteroatoms. The second-order valence-electron chi connectivity index (χ2n) is 4.64. The fourth-order valence-electron chi connectivity index (χ4n) is 2.13. The Morgan fingerprint density at radius 1 is 1.50 bits per heavy atom. The van der Waals surface area contributed by atoms with E-state index in [0.29, 0.717) is 12.4 Å². The van der Waals surface area contributed by atoms with Crippen LogP contribution in [0.5, 0.6) is 0 Å². The standard InChI is InChI=1S/C13H16BrN3O/c1-13(9-5-4-6-10(14)7-9)8-11(18)17(3)12(15-2)16-13/h4-7H,8H2,1-3H3,(H,15,16)/t13-/m0/s1. The van der Waals surface area contributed by atoms with Crippen molar-refractivity contribution in [2.24, 2.45) is 4.99 Å². The van der Waals surface area contributed by atoms with Crippen molar-refractivity contribution in [3.8, 4) is 0 Å². The van der Waals surface area contributed by atoms with E-state index in [9.17, 15) is 4.79 Å². The van der Waals surface area contributed by atoms with Crippen molar-refractivity contribution < 1.29 is 4.79 Å². The van der Waals surface area contributed by atoms with Crippen molar-refractivity contribution >= 4 is 27.8 Å². The van der Waals surface area contributed by atoms with Gasteiger partial charge in [0.25, 0.3) is 0 Å². The van der Waals surface area contributed by atoms with Crippen molar-refractivity contribution in [1.82, 2.24) is 10.2 Å². The summed E-state index contributed by atoms with van der Waals surface area (Å²) in [6, 6.07) is 7.98. The van der Waals surface area contributed by atoms with Crippen LogP contribution < -0.4 is 5.32 Å². The molecule has 1 fully saturated rings. The molecule has 1 aliphatic rings. The molecule has 1 saturated heterocycles. The van der Waals surface area contributed by atoms with Crippen LogP contribution in [0.2, 0.25) is 0 Å². The second kappa shape index (κ2) is 4.72. The number of nitrogens with one attached hydrogen (secondary N) is 1. The molecule has 0 aliphatic carbocycles. The van der Waals surface area contributed by atoms with Gasteiger partial charge in [0.2, 0.25) is 11.9 Å². The first kappa shape index (κ1) is 13.1. The third-order valence-corrected chi connectivity index (χ3v) is 3.75. The van der Waals surface area contributed by atoms with Crippen molar-refractivity contribution in [2.75, 3.05) is 14.1 Å². The summed E-state index contributed by atoms with van der Waals surface area (Å²) in [6.45, 7) is 2.02. The highest BCUT2D eigenvalue weighted by atomic mass is 79.9. The molecular formula is C13H16BrN3O. The van der Waals surface area contributed by atoms with Crippen molar-refractivity contribution in [3.63, 3.8) is 0 Å². The van der Waals surface area contributed by atoms with Crippen molar-refractivity contribution in [1.29, 1.82) is 0 Å². The Labute approximate surface area is 115 Å². The van der Waals surface area contributed by atoms with Gasteiger partial charge in [-0.25, -0.2) is 0 Å². The molecule has 0 saturated carbocycles. The number of guanidine groups is 1. The van der Waals surface area contributed by atoms with E-state index in [1.807, 2.05) is 31.2 Å². The Kier molecular flexibility index (Phi) is 3.43. The molecule has 1 aromatic rings. The normalized spacial score (nSPS) is 26.3. The summed E-state index contributed by atoms with van der Waals surface area (Å²) < 4.78 is 1.00. The van der Waals surface area contributed by atoms with E-state index in [1.54, 1.807) is 19.0 Å². The second-order valence-corrected chi connectivity index (χ2v) is 5.56. The van der Waals surface area contributed by atoms with Crippen LogP contribution in [-0.2, 0) is 10.3 Å². The van der Waals surface area contributed by atoms with Crippen LogP contribution in [0.25, 0.3) is 0 Å². The van der Waals surface area contributed by atoms with E-state index >= 15 is 0 Å². The first-order valence-corrected chi connectivity index (χ1v) is 6.53. The van der Waals surface area contributed by atoms with E-state index in [-0.39, 0.29) is 5.91 Å². The highest BCUT2D eigenvalue weighted by molar-refractivity contribution is 9.10. The molecule has 0 aromatic heterocycles. The minimum absolute atomic E-state index is 0.0665. The van der Waals surface area contributed by atoms with Crippen LogP contribution in [0.1, 0.15) is 18.9 Å². The van der Waals surface area contributed by atoms with Gasteiger partial charge < -0.3 is 5.32 Å². The third-order valence-electron chi connectivity index (χ3n) is 3.26. The lowest BCUT2D eigenvalue weighted by atomic mass is 9.87. The zero-order chi connectivity index (χ0) is 13.3. The van der Waals surface area contributed by atoms with Crippen LogP contribution in [0, 0.1) is 0 Å². The van der Waals surface area contributed by atoms with Gasteiger partial charge in [0, 0.05) is 18.6 Å². The van der Waals surface area contributed by atoms with Gasteiger partial charge in [-0.1, -0.05) is 28.1 Å². The Bertz CT molecular complexity index is 515. The van der Waals surface area contributed by atoms with Gasteiger partial charge in [0.15, 0.2) is 0 Å². The van der Waals surface area contributed by atoms with Crippen LogP contribution >= 0.6 is 15.9 Å². The number of rotatable bonds is 1. The fourth-order valence-corrected chi connectivity index (χ4v) is 2.53. The molecule has 0 bridgehead atoms. The van der Waals surface area contributed by atoms with Gasteiger partial charge in [0.05, 0.1) is 12.0 Å². The number of aliphatic imine (C=N–C) groups is 1. The Hall–Kier alpha value is -1.36. The van der Waals surface area contributed by atoms with Crippen LogP contribution in [0.4, 0.5) is 0 Å². The molecule has 1 atom stereocenters. The number of nitrogens with zero attached hydrogens (tertiary/aromatic N) is 2. The maximum absolute atomic E-state index is 12.0. The molecule has 1 heterocycles. The average Bonchev–Trinajstić information content (AvgIpc) is 2.34. The molecular weight excluding hydrogens is 294 g/mol. The van der Waals surface area contributed by atoms with Gasteiger partial charge in [-0.05, 0) is 24.6 Å². The molecule has 4 nitrogen and oxygen atoms in total. The fraction of sp³-hybridized carbons (Fsp3) is 0.385. The Morgan fingerprint density at radius 3 is 2.83 bits per heavy atom. The minimum Gasteiger partial charge on any atom is -0.346 e. The number of hydrogen-bond donors (Lipinski definition) is 1. The minimum atomic E-state index is -0.414. The summed E-state index contributed by atoms with van der Waals surface area (Å²) >= 11 is 3.46. The van der Waals surface area contributed by atoms with Crippen molar-refractivity contribution in [3.05, 3.63) is 34.3 Å². The SMILES string of the molecule is CN=C1N[C@](C)(c2cccc(Br)c2)CC(=O)N1C. The Balaban J connectivity index is 2.40. The highest BCUT2D eigenvalue weighted by Crippen LogP contribution is 2.30. The van der Waals surface area contributed by atoms with Gasteiger partial charge in [-0.15, -0.1) is 0 Å². The van der Waals surface area contributed by atoms with E-state index in [1.165, 1.54) is 0 Å².